The molecular formula is C26H29N3O4. The third-order valence-corrected chi connectivity index (χ3v) is 5.70. The number of hydrogen-bond acceptors (Lipinski definition) is 4. The molecule has 1 N–H and O–H groups in total. The minimum absolute atomic E-state index is 0.135. The van der Waals surface area contributed by atoms with Gasteiger partial charge in [-0.15, -0.1) is 0 Å². The summed E-state index contributed by atoms with van der Waals surface area (Å²) >= 11 is 0. The lowest BCUT2D eigenvalue weighted by Crippen LogP contribution is -2.26. The van der Waals surface area contributed by atoms with Gasteiger partial charge in [-0.25, -0.2) is 4.68 Å². The standard InChI is InChI=1S/C26H29N3O4/c1-3-4-10-23-25-22(17-24(30)28(23)15-16-32-2)27-29(26(25)31)20-11-13-21(14-12-20)33-18-19-8-6-5-7-9-19/h5-9,11-14,17,27H,3-4,10,15-16,18H2,1-2H3. The van der Waals surface area contributed by atoms with Crippen LogP contribution in [0.2, 0.25) is 0 Å². The maximum atomic E-state index is 13.4. The third kappa shape index (κ3) is 4.93. The summed E-state index contributed by atoms with van der Waals surface area (Å²) in [5.74, 6) is 0.717. The van der Waals surface area contributed by atoms with Crippen LogP contribution in [0.5, 0.6) is 5.75 Å². The second-order valence-electron chi connectivity index (χ2n) is 7.99. The number of rotatable bonds is 10. The molecule has 0 spiro atoms. The number of H-pyrrole nitrogens is 1. The normalized spacial score (nSPS) is 11.2. The molecule has 172 valence electrons. The number of aromatic nitrogens is 3. The van der Waals surface area contributed by atoms with E-state index in [1.807, 2.05) is 54.6 Å². The van der Waals surface area contributed by atoms with E-state index >= 15 is 0 Å². The van der Waals surface area contributed by atoms with Crippen LogP contribution in [0, 0.1) is 0 Å². The van der Waals surface area contributed by atoms with Crippen LogP contribution >= 0.6 is 0 Å². The number of methoxy groups -OCH3 is 1. The molecule has 2 heterocycles. The second-order valence-corrected chi connectivity index (χ2v) is 7.99. The Bertz CT molecular complexity index is 1320. The van der Waals surface area contributed by atoms with Crippen molar-refractivity contribution in [3.8, 4) is 11.4 Å². The van der Waals surface area contributed by atoms with Crippen LogP contribution in [0.4, 0.5) is 0 Å². The van der Waals surface area contributed by atoms with Crippen LogP contribution in [0.1, 0.15) is 31.0 Å². The molecule has 0 radical (unpaired) electrons. The number of nitrogens with zero attached hydrogens (tertiary/aromatic N) is 2. The Morgan fingerprint density at radius 2 is 1.76 bits per heavy atom. The number of ether oxygens (including phenoxy) is 2. The number of hydrogen-bond donors (Lipinski definition) is 1. The van der Waals surface area contributed by atoms with E-state index in [2.05, 4.69) is 12.0 Å². The Labute approximate surface area is 192 Å². The van der Waals surface area contributed by atoms with E-state index in [1.54, 1.807) is 11.7 Å². The van der Waals surface area contributed by atoms with Gasteiger partial charge in [0, 0.05) is 25.4 Å². The number of aromatic amines is 1. The summed E-state index contributed by atoms with van der Waals surface area (Å²) in [6.07, 6.45) is 2.52. The Hall–Kier alpha value is -3.58. The summed E-state index contributed by atoms with van der Waals surface area (Å²) in [7, 11) is 1.60. The van der Waals surface area contributed by atoms with Crippen LogP contribution in [0.15, 0.2) is 70.3 Å². The van der Waals surface area contributed by atoms with Crippen molar-refractivity contribution in [2.75, 3.05) is 13.7 Å². The number of fused-ring (bicyclic) bond motifs is 1. The molecule has 4 rings (SSSR count). The molecule has 0 saturated carbocycles. The SMILES string of the molecule is CCCCc1c2c(=O)n(-c3ccc(OCc4ccccc4)cc3)[nH]c2cc(=O)n1CCOC. The summed E-state index contributed by atoms with van der Waals surface area (Å²) in [6.45, 7) is 3.39. The highest BCUT2D eigenvalue weighted by atomic mass is 16.5. The maximum Gasteiger partial charge on any atom is 0.280 e. The van der Waals surface area contributed by atoms with E-state index in [9.17, 15) is 9.59 Å². The van der Waals surface area contributed by atoms with E-state index in [0.717, 1.165) is 29.8 Å². The number of unbranched alkanes of at least 4 members (excludes halogenated alkanes) is 1. The van der Waals surface area contributed by atoms with Gasteiger partial charge >= 0.3 is 0 Å². The molecule has 33 heavy (non-hydrogen) atoms. The fourth-order valence-corrected chi connectivity index (χ4v) is 3.95. The summed E-state index contributed by atoms with van der Waals surface area (Å²) in [5.41, 5.74) is 2.78. The monoisotopic (exact) mass is 447 g/mol. The van der Waals surface area contributed by atoms with Crippen LogP contribution in [0.25, 0.3) is 16.6 Å². The van der Waals surface area contributed by atoms with Crippen molar-refractivity contribution in [2.24, 2.45) is 0 Å². The maximum absolute atomic E-state index is 13.4. The second kappa shape index (κ2) is 10.4. The van der Waals surface area contributed by atoms with Gasteiger partial charge < -0.3 is 14.0 Å². The molecule has 0 unspecified atom stereocenters. The van der Waals surface area contributed by atoms with E-state index in [-0.39, 0.29) is 11.1 Å². The highest BCUT2D eigenvalue weighted by molar-refractivity contribution is 5.81. The lowest BCUT2D eigenvalue weighted by molar-refractivity contribution is 0.185. The van der Waals surface area contributed by atoms with Gasteiger partial charge in [-0.1, -0.05) is 43.7 Å². The largest absolute Gasteiger partial charge is 0.489 e. The molecule has 0 saturated heterocycles. The first-order valence-corrected chi connectivity index (χ1v) is 11.3. The molecule has 0 atom stereocenters. The van der Waals surface area contributed by atoms with Crippen LogP contribution in [-0.2, 0) is 24.3 Å². The molecule has 0 bridgehead atoms. The van der Waals surface area contributed by atoms with E-state index in [1.165, 1.54) is 10.7 Å². The molecule has 2 aromatic carbocycles. The average molecular weight is 448 g/mol. The predicted molar refractivity (Wildman–Crippen MR) is 129 cm³/mol. The molecule has 0 fully saturated rings. The molecule has 0 aliphatic heterocycles. The Kier molecular flexibility index (Phi) is 7.10. The third-order valence-electron chi connectivity index (χ3n) is 5.70. The number of benzene rings is 2. The molecule has 0 amide bonds. The number of aryl methyl sites for hydroxylation is 1. The van der Waals surface area contributed by atoms with E-state index < -0.39 is 0 Å². The first-order chi connectivity index (χ1) is 16.1. The van der Waals surface area contributed by atoms with Gasteiger partial charge in [0.1, 0.15) is 12.4 Å². The van der Waals surface area contributed by atoms with Gasteiger partial charge in [0.25, 0.3) is 11.1 Å². The minimum Gasteiger partial charge on any atom is -0.489 e. The lowest BCUT2D eigenvalue weighted by Gasteiger charge is -2.12. The minimum atomic E-state index is -0.166. The van der Waals surface area contributed by atoms with Crippen LogP contribution in [-0.4, -0.2) is 28.1 Å². The van der Waals surface area contributed by atoms with Crippen molar-refractivity contribution in [3.05, 3.63) is 92.6 Å². The zero-order valence-electron chi connectivity index (χ0n) is 19.0. The first kappa shape index (κ1) is 22.6. The van der Waals surface area contributed by atoms with Crippen molar-refractivity contribution in [3.63, 3.8) is 0 Å². The predicted octanol–water partition coefficient (Wildman–Crippen LogP) is 4.05. The summed E-state index contributed by atoms with van der Waals surface area (Å²) < 4.78 is 14.2. The first-order valence-electron chi connectivity index (χ1n) is 11.3. The van der Waals surface area contributed by atoms with Gasteiger partial charge in [0.15, 0.2) is 0 Å². The van der Waals surface area contributed by atoms with Crippen molar-refractivity contribution >= 4 is 10.9 Å². The van der Waals surface area contributed by atoms with Crippen molar-refractivity contribution in [1.29, 1.82) is 0 Å². The van der Waals surface area contributed by atoms with Crippen molar-refractivity contribution < 1.29 is 9.47 Å². The Balaban J connectivity index is 1.67. The molecule has 0 aliphatic rings. The lowest BCUT2D eigenvalue weighted by atomic mass is 10.1. The van der Waals surface area contributed by atoms with Gasteiger partial charge in [-0.3, -0.25) is 14.7 Å². The van der Waals surface area contributed by atoms with E-state index in [0.29, 0.717) is 42.8 Å². The van der Waals surface area contributed by atoms with Gasteiger partial charge in [0.05, 0.1) is 23.2 Å². The summed E-state index contributed by atoms with van der Waals surface area (Å²) in [6, 6.07) is 18.8. The van der Waals surface area contributed by atoms with Gasteiger partial charge in [-0.05, 0) is 42.7 Å². The Morgan fingerprint density at radius 3 is 2.45 bits per heavy atom. The smallest absolute Gasteiger partial charge is 0.280 e. The van der Waals surface area contributed by atoms with Crippen LogP contribution < -0.4 is 15.9 Å². The fourth-order valence-electron chi connectivity index (χ4n) is 3.95. The molecule has 0 aliphatic carbocycles. The topological polar surface area (TPSA) is 78.3 Å². The molecule has 4 aromatic rings. The average Bonchev–Trinajstić information content (AvgIpc) is 3.17. The zero-order chi connectivity index (χ0) is 23.2. The molecule has 2 aromatic heterocycles. The number of nitrogens with one attached hydrogen (secondary N) is 1. The fraction of sp³-hybridized carbons (Fsp3) is 0.308. The zero-order valence-corrected chi connectivity index (χ0v) is 19.0. The summed E-state index contributed by atoms with van der Waals surface area (Å²) in [5, 5.41) is 3.68. The highest BCUT2D eigenvalue weighted by Gasteiger charge is 2.17. The number of pyridine rings is 1. The Morgan fingerprint density at radius 1 is 1.00 bits per heavy atom. The summed E-state index contributed by atoms with van der Waals surface area (Å²) in [4.78, 5) is 26.2. The van der Waals surface area contributed by atoms with Crippen LogP contribution in [0.3, 0.4) is 0 Å². The molecular weight excluding hydrogens is 418 g/mol. The molecule has 7 nitrogen and oxygen atoms in total. The van der Waals surface area contributed by atoms with Gasteiger partial charge in [-0.2, -0.15) is 0 Å². The van der Waals surface area contributed by atoms with Gasteiger partial charge in [0.2, 0.25) is 0 Å². The van der Waals surface area contributed by atoms with Crippen molar-refractivity contribution in [1.82, 2.24) is 14.3 Å². The van der Waals surface area contributed by atoms with Crippen molar-refractivity contribution in [2.45, 2.75) is 39.3 Å². The van der Waals surface area contributed by atoms with E-state index in [4.69, 9.17) is 9.47 Å². The quantitative estimate of drug-likeness (QED) is 0.398. The highest BCUT2D eigenvalue weighted by Crippen LogP contribution is 2.19. The molecule has 7 heteroatoms.